The highest BCUT2D eigenvalue weighted by atomic mass is 15.0. The van der Waals surface area contributed by atoms with E-state index < -0.39 is 0 Å². The first-order valence-electron chi connectivity index (χ1n) is 5.63. The fraction of sp³-hybridized carbons (Fsp3) is 0.385. The zero-order chi connectivity index (χ0) is 10.3. The number of fused-ring (bicyclic) bond motifs is 1. The van der Waals surface area contributed by atoms with Gasteiger partial charge in [-0.05, 0) is 30.0 Å². The third-order valence-corrected chi connectivity index (χ3v) is 3.35. The van der Waals surface area contributed by atoms with Crippen LogP contribution in [0, 0.1) is 5.92 Å². The molecular weight excluding hydrogens is 184 g/mol. The summed E-state index contributed by atoms with van der Waals surface area (Å²) in [5, 5.41) is 4.94. The monoisotopic (exact) mass is 200 g/mol. The number of rotatable bonds is 3. The Morgan fingerprint density at radius 3 is 3.07 bits per heavy atom. The topological polar surface area (TPSA) is 27.8 Å². The SMILES string of the molecule is CC1CC1NCc1cccc2[nH]ccc12. The molecule has 2 nitrogen and oxygen atoms in total. The van der Waals surface area contributed by atoms with Gasteiger partial charge in [-0.15, -0.1) is 0 Å². The van der Waals surface area contributed by atoms with Crippen LogP contribution in [0.25, 0.3) is 10.9 Å². The van der Waals surface area contributed by atoms with Crippen LogP contribution in [0.15, 0.2) is 30.5 Å². The Morgan fingerprint density at radius 1 is 1.40 bits per heavy atom. The number of H-pyrrole nitrogens is 1. The number of hydrogen-bond donors (Lipinski definition) is 2. The lowest BCUT2D eigenvalue weighted by Crippen LogP contribution is -2.17. The Balaban J connectivity index is 1.81. The zero-order valence-electron chi connectivity index (χ0n) is 8.96. The minimum Gasteiger partial charge on any atom is -0.361 e. The molecule has 0 aliphatic heterocycles. The first kappa shape index (κ1) is 8.98. The van der Waals surface area contributed by atoms with Gasteiger partial charge in [-0.1, -0.05) is 19.1 Å². The van der Waals surface area contributed by atoms with Crippen LogP contribution in [-0.2, 0) is 6.54 Å². The number of hydrogen-bond acceptors (Lipinski definition) is 1. The van der Waals surface area contributed by atoms with Crippen LogP contribution in [-0.4, -0.2) is 11.0 Å². The first-order valence-corrected chi connectivity index (χ1v) is 5.63. The van der Waals surface area contributed by atoms with E-state index in [9.17, 15) is 0 Å². The molecule has 2 atom stereocenters. The zero-order valence-corrected chi connectivity index (χ0v) is 8.96. The quantitative estimate of drug-likeness (QED) is 0.783. The number of aromatic nitrogens is 1. The fourth-order valence-electron chi connectivity index (χ4n) is 2.15. The Bertz CT molecular complexity index is 472. The highest BCUT2D eigenvalue weighted by molar-refractivity contribution is 5.82. The summed E-state index contributed by atoms with van der Waals surface area (Å²) in [6, 6.07) is 9.35. The van der Waals surface area contributed by atoms with Crippen molar-refractivity contribution >= 4 is 10.9 Å². The van der Waals surface area contributed by atoms with Crippen molar-refractivity contribution in [2.24, 2.45) is 5.92 Å². The van der Waals surface area contributed by atoms with Gasteiger partial charge in [0.15, 0.2) is 0 Å². The third-order valence-electron chi connectivity index (χ3n) is 3.35. The Morgan fingerprint density at radius 2 is 2.27 bits per heavy atom. The summed E-state index contributed by atoms with van der Waals surface area (Å²) in [5.74, 6) is 0.871. The van der Waals surface area contributed by atoms with Gasteiger partial charge in [0.1, 0.15) is 0 Å². The lowest BCUT2D eigenvalue weighted by molar-refractivity contribution is 0.655. The van der Waals surface area contributed by atoms with E-state index in [0.717, 1.165) is 18.5 Å². The van der Waals surface area contributed by atoms with Crippen molar-refractivity contribution in [2.75, 3.05) is 0 Å². The van der Waals surface area contributed by atoms with Gasteiger partial charge in [-0.2, -0.15) is 0 Å². The molecule has 1 aliphatic carbocycles. The summed E-state index contributed by atoms with van der Waals surface area (Å²) in [6.45, 7) is 3.29. The Hall–Kier alpha value is -1.28. The predicted octanol–water partition coefficient (Wildman–Crippen LogP) is 2.67. The van der Waals surface area contributed by atoms with Crippen LogP contribution < -0.4 is 5.32 Å². The van der Waals surface area contributed by atoms with Gasteiger partial charge < -0.3 is 10.3 Å². The van der Waals surface area contributed by atoms with E-state index in [-0.39, 0.29) is 0 Å². The smallest absolute Gasteiger partial charge is 0.0457 e. The minimum atomic E-state index is 0.749. The van der Waals surface area contributed by atoms with E-state index in [4.69, 9.17) is 0 Å². The lowest BCUT2D eigenvalue weighted by Gasteiger charge is -2.04. The van der Waals surface area contributed by atoms with Crippen LogP contribution in [0.3, 0.4) is 0 Å². The molecule has 2 heteroatoms. The van der Waals surface area contributed by atoms with Crippen LogP contribution in [0.5, 0.6) is 0 Å². The molecule has 2 unspecified atom stereocenters. The molecule has 1 saturated carbocycles. The maximum Gasteiger partial charge on any atom is 0.0457 e. The van der Waals surface area contributed by atoms with Gasteiger partial charge in [0.2, 0.25) is 0 Å². The molecule has 3 rings (SSSR count). The van der Waals surface area contributed by atoms with Gasteiger partial charge >= 0.3 is 0 Å². The van der Waals surface area contributed by atoms with E-state index >= 15 is 0 Å². The Kier molecular flexibility index (Phi) is 2.03. The molecule has 2 N–H and O–H groups in total. The highest BCUT2D eigenvalue weighted by Gasteiger charge is 2.31. The third kappa shape index (κ3) is 1.65. The van der Waals surface area contributed by atoms with Crippen molar-refractivity contribution < 1.29 is 0 Å². The van der Waals surface area contributed by atoms with Crippen molar-refractivity contribution in [1.29, 1.82) is 0 Å². The summed E-state index contributed by atoms with van der Waals surface area (Å²) in [5.41, 5.74) is 2.63. The molecule has 1 aliphatic rings. The average Bonchev–Trinajstić information content (AvgIpc) is 2.78. The average molecular weight is 200 g/mol. The van der Waals surface area contributed by atoms with E-state index in [2.05, 4.69) is 41.5 Å². The lowest BCUT2D eigenvalue weighted by atomic mass is 10.1. The van der Waals surface area contributed by atoms with Crippen LogP contribution in [0.4, 0.5) is 0 Å². The second-order valence-corrected chi connectivity index (χ2v) is 4.56. The number of aromatic amines is 1. The Labute approximate surface area is 89.7 Å². The van der Waals surface area contributed by atoms with Gasteiger partial charge in [0.25, 0.3) is 0 Å². The summed E-state index contributed by atoms with van der Waals surface area (Å²) >= 11 is 0. The van der Waals surface area contributed by atoms with E-state index in [1.807, 2.05) is 6.20 Å². The second-order valence-electron chi connectivity index (χ2n) is 4.56. The largest absolute Gasteiger partial charge is 0.361 e. The van der Waals surface area contributed by atoms with Crippen molar-refractivity contribution in [3.63, 3.8) is 0 Å². The van der Waals surface area contributed by atoms with Crippen molar-refractivity contribution in [3.8, 4) is 0 Å². The molecule has 1 aromatic heterocycles. The standard InChI is InChI=1S/C13H16N2/c1-9-7-13(9)15-8-10-3-2-4-12-11(10)5-6-14-12/h2-6,9,13-15H,7-8H2,1H3. The van der Waals surface area contributed by atoms with Crippen molar-refractivity contribution in [2.45, 2.75) is 25.9 Å². The second kappa shape index (κ2) is 3.38. The van der Waals surface area contributed by atoms with Gasteiger partial charge in [-0.3, -0.25) is 0 Å². The van der Waals surface area contributed by atoms with Gasteiger partial charge in [-0.25, -0.2) is 0 Å². The van der Waals surface area contributed by atoms with E-state index in [1.54, 1.807) is 0 Å². The number of nitrogens with one attached hydrogen (secondary N) is 2. The highest BCUT2D eigenvalue weighted by Crippen LogP contribution is 2.29. The molecule has 2 aromatic rings. The van der Waals surface area contributed by atoms with Gasteiger partial charge in [0, 0.05) is 29.7 Å². The molecular formula is C13H16N2. The van der Waals surface area contributed by atoms with Crippen LogP contribution >= 0.6 is 0 Å². The molecule has 0 saturated heterocycles. The first-order chi connectivity index (χ1) is 7.34. The molecule has 1 heterocycles. The molecule has 0 radical (unpaired) electrons. The molecule has 15 heavy (non-hydrogen) atoms. The minimum absolute atomic E-state index is 0.749. The molecule has 0 amide bonds. The van der Waals surface area contributed by atoms with Gasteiger partial charge in [0.05, 0.1) is 0 Å². The normalized spacial score (nSPS) is 24.6. The van der Waals surface area contributed by atoms with Crippen molar-refractivity contribution in [3.05, 3.63) is 36.0 Å². The summed E-state index contributed by atoms with van der Waals surface area (Å²) < 4.78 is 0. The fourth-order valence-corrected chi connectivity index (χ4v) is 2.15. The molecule has 78 valence electrons. The van der Waals surface area contributed by atoms with E-state index in [0.29, 0.717) is 0 Å². The molecule has 1 fully saturated rings. The van der Waals surface area contributed by atoms with Crippen LogP contribution in [0.1, 0.15) is 18.9 Å². The summed E-state index contributed by atoms with van der Waals surface area (Å²) in [4.78, 5) is 3.24. The number of benzene rings is 1. The predicted molar refractivity (Wildman–Crippen MR) is 62.7 cm³/mol. The molecule has 0 spiro atoms. The molecule has 0 bridgehead atoms. The maximum atomic E-state index is 3.59. The molecule has 1 aromatic carbocycles. The van der Waals surface area contributed by atoms with Crippen molar-refractivity contribution in [1.82, 2.24) is 10.3 Å². The summed E-state index contributed by atoms with van der Waals surface area (Å²) in [7, 11) is 0. The maximum absolute atomic E-state index is 3.59. The van der Waals surface area contributed by atoms with Crippen LogP contribution in [0.2, 0.25) is 0 Å². The summed E-state index contributed by atoms with van der Waals surface area (Å²) in [6.07, 6.45) is 3.34. The van der Waals surface area contributed by atoms with E-state index in [1.165, 1.54) is 22.9 Å².